The first-order chi connectivity index (χ1) is 11.5. The van der Waals surface area contributed by atoms with Crippen molar-refractivity contribution in [3.63, 3.8) is 0 Å². The van der Waals surface area contributed by atoms with E-state index in [0.29, 0.717) is 12.3 Å². The number of nitrogens with zero attached hydrogens (tertiary/aromatic N) is 1. The Morgan fingerprint density at radius 3 is 2.33 bits per heavy atom. The number of unbranched alkanes of at least 4 members (excludes halogenated alkanes) is 3. The summed E-state index contributed by atoms with van der Waals surface area (Å²) in [5, 5.41) is 6.66. The van der Waals surface area contributed by atoms with E-state index < -0.39 is 0 Å². The van der Waals surface area contributed by atoms with E-state index in [-0.39, 0.29) is 12.1 Å². The molecule has 0 radical (unpaired) electrons. The predicted octanol–water partition coefficient (Wildman–Crippen LogP) is 2.73. The Kier molecular flexibility index (Phi) is 14.4. The van der Waals surface area contributed by atoms with Crippen molar-refractivity contribution in [1.29, 1.82) is 0 Å². The Morgan fingerprint density at radius 2 is 1.75 bits per heavy atom. The number of methoxy groups -OCH3 is 1. The number of rotatable bonds is 13. The van der Waals surface area contributed by atoms with Crippen molar-refractivity contribution in [2.24, 2.45) is 10.9 Å². The van der Waals surface area contributed by atoms with E-state index in [1.807, 2.05) is 6.92 Å². The standard InChI is InChI=1S/C18H37N3O3/c1-6-24-16(15(2)3)12-14-21-18(19-4)20-13-10-8-7-9-11-17(22)23-5/h15-16H,6-14H2,1-5H3,(H2,19,20,21). The summed E-state index contributed by atoms with van der Waals surface area (Å²) < 4.78 is 10.4. The van der Waals surface area contributed by atoms with Crippen molar-refractivity contribution >= 4 is 11.9 Å². The molecule has 0 aliphatic heterocycles. The minimum absolute atomic E-state index is 0.121. The minimum atomic E-state index is -0.121. The molecule has 0 aromatic carbocycles. The van der Waals surface area contributed by atoms with Crippen molar-refractivity contribution in [2.45, 2.75) is 65.4 Å². The van der Waals surface area contributed by atoms with Gasteiger partial charge in [0.1, 0.15) is 0 Å². The summed E-state index contributed by atoms with van der Waals surface area (Å²) >= 11 is 0. The molecule has 0 aliphatic carbocycles. The number of esters is 1. The summed E-state index contributed by atoms with van der Waals surface area (Å²) in [6.07, 6.45) is 5.89. The minimum Gasteiger partial charge on any atom is -0.469 e. The van der Waals surface area contributed by atoms with E-state index in [1.165, 1.54) is 7.11 Å². The fourth-order valence-corrected chi connectivity index (χ4v) is 2.43. The van der Waals surface area contributed by atoms with Crippen LogP contribution in [0.25, 0.3) is 0 Å². The van der Waals surface area contributed by atoms with Crippen molar-refractivity contribution in [1.82, 2.24) is 10.6 Å². The summed E-state index contributed by atoms with van der Waals surface area (Å²) in [5.74, 6) is 1.24. The topological polar surface area (TPSA) is 72.0 Å². The summed E-state index contributed by atoms with van der Waals surface area (Å²) in [6.45, 7) is 8.90. The third kappa shape index (κ3) is 12.2. The zero-order valence-corrected chi connectivity index (χ0v) is 16.2. The van der Waals surface area contributed by atoms with Gasteiger partial charge in [-0.25, -0.2) is 0 Å². The Labute approximate surface area is 147 Å². The molecule has 0 aromatic rings. The molecule has 0 aliphatic rings. The van der Waals surface area contributed by atoms with Crippen molar-refractivity contribution in [3.8, 4) is 0 Å². The second kappa shape index (κ2) is 15.2. The second-order valence-electron chi connectivity index (χ2n) is 6.19. The predicted molar refractivity (Wildman–Crippen MR) is 99.3 cm³/mol. The van der Waals surface area contributed by atoms with Gasteiger partial charge in [0, 0.05) is 33.2 Å². The monoisotopic (exact) mass is 343 g/mol. The van der Waals surface area contributed by atoms with Crippen LogP contribution in [0.4, 0.5) is 0 Å². The van der Waals surface area contributed by atoms with E-state index in [4.69, 9.17) is 4.74 Å². The lowest BCUT2D eigenvalue weighted by Crippen LogP contribution is -2.39. The third-order valence-corrected chi connectivity index (χ3v) is 3.90. The van der Waals surface area contributed by atoms with Gasteiger partial charge in [0.15, 0.2) is 5.96 Å². The van der Waals surface area contributed by atoms with Crippen LogP contribution >= 0.6 is 0 Å². The molecule has 1 atom stereocenters. The number of nitrogens with one attached hydrogen (secondary N) is 2. The summed E-state index contributed by atoms with van der Waals surface area (Å²) in [5.41, 5.74) is 0. The van der Waals surface area contributed by atoms with Crippen molar-refractivity contribution in [3.05, 3.63) is 0 Å². The molecule has 142 valence electrons. The number of aliphatic imine (C=N–C) groups is 1. The van der Waals surface area contributed by atoms with Gasteiger partial charge in [0.05, 0.1) is 13.2 Å². The Balaban J connectivity index is 3.72. The first kappa shape index (κ1) is 22.7. The molecule has 6 nitrogen and oxygen atoms in total. The van der Waals surface area contributed by atoms with Crippen molar-refractivity contribution < 1.29 is 14.3 Å². The van der Waals surface area contributed by atoms with Gasteiger partial charge in [-0.15, -0.1) is 0 Å². The SMILES string of the molecule is CCOC(CCNC(=NC)NCCCCCCC(=O)OC)C(C)C. The molecule has 24 heavy (non-hydrogen) atoms. The van der Waals surface area contributed by atoms with E-state index in [1.54, 1.807) is 7.05 Å². The Hall–Kier alpha value is -1.30. The zero-order chi connectivity index (χ0) is 18.2. The van der Waals surface area contributed by atoms with Gasteiger partial charge in [-0.05, 0) is 32.1 Å². The van der Waals surface area contributed by atoms with Crippen LogP contribution in [-0.2, 0) is 14.3 Å². The number of carbonyl (C=O) groups is 1. The smallest absolute Gasteiger partial charge is 0.305 e. The molecule has 0 heterocycles. The second-order valence-corrected chi connectivity index (χ2v) is 6.19. The molecule has 1 unspecified atom stereocenters. The van der Waals surface area contributed by atoms with Crippen LogP contribution in [0.2, 0.25) is 0 Å². The van der Waals surface area contributed by atoms with E-state index in [0.717, 1.165) is 57.8 Å². The number of carbonyl (C=O) groups excluding carboxylic acids is 1. The fraction of sp³-hybridized carbons (Fsp3) is 0.889. The van der Waals surface area contributed by atoms with Crippen LogP contribution in [0.3, 0.4) is 0 Å². The van der Waals surface area contributed by atoms with Gasteiger partial charge in [-0.1, -0.05) is 26.7 Å². The third-order valence-electron chi connectivity index (χ3n) is 3.90. The highest BCUT2D eigenvalue weighted by molar-refractivity contribution is 5.79. The fourth-order valence-electron chi connectivity index (χ4n) is 2.43. The maximum absolute atomic E-state index is 11.0. The molecule has 0 saturated carbocycles. The van der Waals surface area contributed by atoms with Crippen LogP contribution in [0.15, 0.2) is 4.99 Å². The highest BCUT2D eigenvalue weighted by atomic mass is 16.5. The van der Waals surface area contributed by atoms with Crippen LogP contribution in [0.1, 0.15) is 59.3 Å². The maximum Gasteiger partial charge on any atom is 0.305 e. The maximum atomic E-state index is 11.0. The average molecular weight is 344 g/mol. The molecule has 0 aromatic heterocycles. The molecular formula is C18H37N3O3. The molecule has 0 fully saturated rings. The average Bonchev–Trinajstić information content (AvgIpc) is 2.57. The van der Waals surface area contributed by atoms with E-state index >= 15 is 0 Å². The van der Waals surface area contributed by atoms with Crippen LogP contribution < -0.4 is 10.6 Å². The Bertz CT molecular complexity index is 346. The van der Waals surface area contributed by atoms with Gasteiger partial charge in [0.25, 0.3) is 0 Å². The normalized spacial score (nSPS) is 13.0. The van der Waals surface area contributed by atoms with Crippen LogP contribution in [-0.4, -0.2) is 51.9 Å². The molecule has 6 heteroatoms. The van der Waals surface area contributed by atoms with Gasteiger partial charge in [0.2, 0.25) is 0 Å². The van der Waals surface area contributed by atoms with E-state index in [2.05, 4.69) is 34.2 Å². The lowest BCUT2D eigenvalue weighted by molar-refractivity contribution is -0.140. The molecule has 0 rings (SSSR count). The van der Waals surface area contributed by atoms with Gasteiger partial charge >= 0.3 is 5.97 Å². The Morgan fingerprint density at radius 1 is 1.08 bits per heavy atom. The van der Waals surface area contributed by atoms with Gasteiger partial charge < -0.3 is 20.1 Å². The molecule has 0 amide bonds. The zero-order valence-electron chi connectivity index (χ0n) is 16.2. The first-order valence-corrected chi connectivity index (χ1v) is 9.18. The number of ether oxygens (including phenoxy) is 2. The summed E-state index contributed by atoms with van der Waals surface area (Å²) in [7, 11) is 3.22. The highest BCUT2D eigenvalue weighted by Crippen LogP contribution is 2.09. The summed E-state index contributed by atoms with van der Waals surface area (Å²) in [6, 6.07) is 0. The van der Waals surface area contributed by atoms with Crippen molar-refractivity contribution in [2.75, 3.05) is 33.9 Å². The lowest BCUT2D eigenvalue weighted by Gasteiger charge is -2.21. The van der Waals surface area contributed by atoms with Crippen LogP contribution in [0, 0.1) is 5.92 Å². The van der Waals surface area contributed by atoms with Gasteiger partial charge in [-0.3, -0.25) is 9.79 Å². The lowest BCUT2D eigenvalue weighted by atomic mass is 10.0. The molecule has 2 N–H and O–H groups in total. The highest BCUT2D eigenvalue weighted by Gasteiger charge is 2.12. The quantitative estimate of drug-likeness (QED) is 0.233. The van der Waals surface area contributed by atoms with Gasteiger partial charge in [-0.2, -0.15) is 0 Å². The van der Waals surface area contributed by atoms with E-state index in [9.17, 15) is 4.79 Å². The number of guanidine groups is 1. The number of hydrogen-bond donors (Lipinski definition) is 2. The largest absolute Gasteiger partial charge is 0.469 e. The molecule has 0 bridgehead atoms. The first-order valence-electron chi connectivity index (χ1n) is 9.18. The van der Waals surface area contributed by atoms with Crippen LogP contribution in [0.5, 0.6) is 0 Å². The molecule has 0 saturated heterocycles. The molecule has 0 spiro atoms. The number of hydrogen-bond acceptors (Lipinski definition) is 4. The summed E-state index contributed by atoms with van der Waals surface area (Å²) in [4.78, 5) is 15.2. The molecular weight excluding hydrogens is 306 g/mol.